The Bertz CT molecular complexity index is 1030. The lowest BCUT2D eigenvalue weighted by atomic mass is 10.0. The minimum atomic E-state index is -0.749. The first kappa shape index (κ1) is 23.0. The third kappa shape index (κ3) is 7.23. The van der Waals surface area contributed by atoms with Crippen LogP contribution in [0.25, 0.3) is 11.1 Å². The highest BCUT2D eigenvalue weighted by Gasteiger charge is 2.09. The van der Waals surface area contributed by atoms with Gasteiger partial charge >= 0.3 is 5.97 Å². The van der Waals surface area contributed by atoms with Crippen LogP contribution < -0.4 is 11.1 Å². The highest BCUT2D eigenvalue weighted by Crippen LogP contribution is 2.27. The van der Waals surface area contributed by atoms with Crippen molar-refractivity contribution in [2.24, 2.45) is 0 Å². The third-order valence-corrected chi connectivity index (χ3v) is 5.16. The van der Waals surface area contributed by atoms with Crippen molar-refractivity contribution in [1.82, 2.24) is 15.0 Å². The number of carboxylic acid groups (broad SMARTS) is 1. The lowest BCUT2D eigenvalue weighted by molar-refractivity contribution is -0.137. The number of benzene rings is 2. The number of carbonyl (C=O) groups excluding carboxylic acids is 1. The molecule has 32 heavy (non-hydrogen) atoms. The van der Waals surface area contributed by atoms with E-state index in [1.165, 1.54) is 0 Å². The molecule has 0 bridgehead atoms. The van der Waals surface area contributed by atoms with Crippen LogP contribution in [0.4, 0.5) is 11.4 Å². The van der Waals surface area contributed by atoms with Crippen LogP contribution in [0.5, 0.6) is 0 Å². The molecule has 0 spiro atoms. The Hall–Kier alpha value is -3.68. The molecule has 0 radical (unpaired) electrons. The summed E-state index contributed by atoms with van der Waals surface area (Å²) in [5, 5.41) is 19.8. The summed E-state index contributed by atoms with van der Waals surface area (Å²) in [4.78, 5) is 23.0. The van der Waals surface area contributed by atoms with Gasteiger partial charge in [-0.15, -0.1) is 5.10 Å². The number of carboxylic acids is 1. The molecule has 3 rings (SSSR count). The number of aromatic nitrogens is 3. The molecule has 1 heterocycles. The van der Waals surface area contributed by atoms with Crippen LogP contribution in [0.15, 0.2) is 54.7 Å². The number of anilines is 2. The molecule has 1 amide bonds. The smallest absolute Gasteiger partial charge is 0.303 e. The second-order valence-electron chi connectivity index (χ2n) is 7.75. The number of nitrogens with one attached hydrogen (secondary N) is 1. The van der Waals surface area contributed by atoms with Gasteiger partial charge in [0, 0.05) is 32.0 Å². The molecule has 1 aromatic heterocycles. The van der Waals surface area contributed by atoms with Crippen LogP contribution in [-0.2, 0) is 22.6 Å². The van der Waals surface area contributed by atoms with Gasteiger partial charge in [0.05, 0.1) is 17.1 Å². The Kier molecular flexibility index (Phi) is 8.36. The van der Waals surface area contributed by atoms with E-state index in [-0.39, 0.29) is 18.7 Å². The van der Waals surface area contributed by atoms with Gasteiger partial charge in [-0.05, 0) is 36.1 Å². The average molecular weight is 436 g/mol. The number of amides is 1. The third-order valence-electron chi connectivity index (χ3n) is 5.16. The van der Waals surface area contributed by atoms with Gasteiger partial charge in [-0.1, -0.05) is 54.5 Å². The zero-order chi connectivity index (χ0) is 22.8. The first-order valence-corrected chi connectivity index (χ1v) is 10.9. The topological polar surface area (TPSA) is 123 Å². The minimum Gasteiger partial charge on any atom is -0.481 e. The zero-order valence-electron chi connectivity index (χ0n) is 18.0. The SMILES string of the molecule is Nc1ccc(-c2ccccc2)cc1NC(=O)CCc1cn(CCCCCCC(=O)O)nn1. The van der Waals surface area contributed by atoms with Crippen LogP contribution >= 0.6 is 0 Å². The predicted octanol–water partition coefficient (Wildman–Crippen LogP) is 4.13. The number of nitrogens with zero attached hydrogens (tertiary/aromatic N) is 3. The van der Waals surface area contributed by atoms with Crippen LogP contribution in [0.3, 0.4) is 0 Å². The van der Waals surface area contributed by atoms with Crippen molar-refractivity contribution < 1.29 is 14.7 Å². The summed E-state index contributed by atoms with van der Waals surface area (Å²) < 4.78 is 1.77. The standard InChI is InChI=1S/C24H29N5O3/c25-21-13-11-19(18-8-4-3-5-9-18)16-22(21)26-23(30)14-12-20-17-29(28-27-20)15-7-2-1-6-10-24(31)32/h3-5,8-9,11,13,16-17H,1-2,6-7,10,12,14-15,25H2,(H,26,30)(H,31,32). The molecule has 4 N–H and O–H groups in total. The normalized spacial score (nSPS) is 10.8. The first-order valence-electron chi connectivity index (χ1n) is 10.9. The van der Waals surface area contributed by atoms with Crippen molar-refractivity contribution in [3.05, 3.63) is 60.4 Å². The molecule has 3 aromatic rings. The second kappa shape index (κ2) is 11.6. The molecule has 0 aliphatic carbocycles. The summed E-state index contributed by atoms with van der Waals surface area (Å²) in [6.45, 7) is 0.731. The molecule has 0 aliphatic rings. The molecule has 0 saturated carbocycles. The monoisotopic (exact) mass is 435 g/mol. The molecule has 0 aliphatic heterocycles. The maximum atomic E-state index is 12.4. The molecule has 0 atom stereocenters. The molecule has 0 unspecified atom stereocenters. The predicted molar refractivity (Wildman–Crippen MR) is 124 cm³/mol. The number of aliphatic carboxylic acids is 1. The molecule has 168 valence electrons. The van der Waals surface area contributed by atoms with Gasteiger partial charge in [0.2, 0.25) is 5.91 Å². The van der Waals surface area contributed by atoms with E-state index in [1.807, 2.05) is 48.7 Å². The van der Waals surface area contributed by atoms with Gasteiger partial charge in [-0.25, -0.2) is 0 Å². The fraction of sp³-hybridized carbons (Fsp3) is 0.333. The zero-order valence-corrected chi connectivity index (χ0v) is 18.0. The second-order valence-corrected chi connectivity index (χ2v) is 7.75. The van der Waals surface area contributed by atoms with Gasteiger partial charge in [0.15, 0.2) is 0 Å². The Balaban J connectivity index is 1.44. The van der Waals surface area contributed by atoms with Crippen LogP contribution in [-0.4, -0.2) is 32.0 Å². The lowest BCUT2D eigenvalue weighted by Gasteiger charge is -2.10. The molecule has 2 aromatic carbocycles. The molecule has 8 nitrogen and oxygen atoms in total. The highest BCUT2D eigenvalue weighted by molar-refractivity contribution is 5.95. The molecular weight excluding hydrogens is 406 g/mol. The van der Waals surface area contributed by atoms with E-state index < -0.39 is 5.97 Å². The van der Waals surface area contributed by atoms with Gasteiger partial charge < -0.3 is 16.2 Å². The number of carbonyl (C=O) groups is 2. The van der Waals surface area contributed by atoms with E-state index in [4.69, 9.17) is 10.8 Å². The van der Waals surface area contributed by atoms with Crippen molar-refractivity contribution in [3.8, 4) is 11.1 Å². The van der Waals surface area contributed by atoms with Crippen molar-refractivity contribution in [2.45, 2.75) is 51.5 Å². The Morgan fingerprint density at radius 3 is 2.53 bits per heavy atom. The van der Waals surface area contributed by atoms with E-state index in [0.29, 0.717) is 24.2 Å². The minimum absolute atomic E-state index is 0.130. The maximum absolute atomic E-state index is 12.4. The van der Waals surface area contributed by atoms with Crippen molar-refractivity contribution in [3.63, 3.8) is 0 Å². The Morgan fingerprint density at radius 2 is 1.75 bits per heavy atom. The largest absolute Gasteiger partial charge is 0.481 e. The lowest BCUT2D eigenvalue weighted by Crippen LogP contribution is -2.13. The van der Waals surface area contributed by atoms with E-state index in [9.17, 15) is 9.59 Å². The molecule has 0 fully saturated rings. The number of hydrogen-bond donors (Lipinski definition) is 3. The summed E-state index contributed by atoms with van der Waals surface area (Å²) in [5.41, 5.74) is 9.97. The van der Waals surface area contributed by atoms with Crippen molar-refractivity contribution in [2.75, 3.05) is 11.1 Å². The fourth-order valence-electron chi connectivity index (χ4n) is 3.39. The molecular formula is C24H29N5O3. The number of nitrogens with two attached hydrogens (primary N) is 1. The Morgan fingerprint density at radius 1 is 0.969 bits per heavy atom. The number of rotatable bonds is 12. The van der Waals surface area contributed by atoms with E-state index in [0.717, 1.165) is 42.6 Å². The summed E-state index contributed by atoms with van der Waals surface area (Å²) >= 11 is 0. The molecule has 8 heteroatoms. The first-order chi connectivity index (χ1) is 15.5. The van der Waals surface area contributed by atoms with Crippen LogP contribution in [0, 0.1) is 0 Å². The number of unbranched alkanes of at least 4 members (excludes halogenated alkanes) is 3. The van der Waals surface area contributed by atoms with Gasteiger partial charge in [-0.2, -0.15) is 0 Å². The van der Waals surface area contributed by atoms with Gasteiger partial charge in [0.25, 0.3) is 0 Å². The summed E-state index contributed by atoms with van der Waals surface area (Å²) in [7, 11) is 0. The molecule has 0 saturated heterocycles. The highest BCUT2D eigenvalue weighted by atomic mass is 16.4. The average Bonchev–Trinajstić information content (AvgIpc) is 3.24. The van der Waals surface area contributed by atoms with Gasteiger partial charge in [-0.3, -0.25) is 14.3 Å². The summed E-state index contributed by atoms with van der Waals surface area (Å²) in [5.74, 6) is -0.878. The number of nitrogen functional groups attached to an aromatic ring is 1. The Labute approximate surface area is 187 Å². The van der Waals surface area contributed by atoms with E-state index in [2.05, 4.69) is 15.6 Å². The van der Waals surface area contributed by atoms with Crippen LogP contribution in [0.1, 0.15) is 44.2 Å². The summed E-state index contributed by atoms with van der Waals surface area (Å²) in [6, 6.07) is 15.5. The number of aryl methyl sites for hydroxylation is 2. The van der Waals surface area contributed by atoms with Crippen molar-refractivity contribution >= 4 is 23.3 Å². The summed E-state index contributed by atoms with van der Waals surface area (Å²) in [6.07, 6.45) is 6.31. The van der Waals surface area contributed by atoms with Gasteiger partial charge in [0.1, 0.15) is 0 Å². The van der Waals surface area contributed by atoms with E-state index in [1.54, 1.807) is 10.7 Å². The van der Waals surface area contributed by atoms with Crippen LogP contribution in [0.2, 0.25) is 0 Å². The number of hydrogen-bond acceptors (Lipinski definition) is 5. The quantitative estimate of drug-likeness (QED) is 0.290. The van der Waals surface area contributed by atoms with E-state index >= 15 is 0 Å². The fourth-order valence-corrected chi connectivity index (χ4v) is 3.39. The van der Waals surface area contributed by atoms with Crippen molar-refractivity contribution in [1.29, 1.82) is 0 Å². The maximum Gasteiger partial charge on any atom is 0.303 e.